The molecular weight excluding hydrogens is 312 g/mol. The molecule has 0 N–H and O–H groups in total. The average Bonchev–Trinajstić information content (AvgIpc) is 2.42. The summed E-state index contributed by atoms with van der Waals surface area (Å²) in [6, 6.07) is 5.26. The Bertz CT molecular complexity index is 599. The van der Waals surface area contributed by atoms with E-state index in [-0.39, 0.29) is 12.0 Å². The fraction of sp³-hybridized carbons (Fsp3) is 0.154. The van der Waals surface area contributed by atoms with E-state index >= 15 is 0 Å². The third kappa shape index (κ3) is 3.29. The highest BCUT2D eigenvalue weighted by molar-refractivity contribution is 9.10. The second-order valence-electron chi connectivity index (χ2n) is 3.76. The molecule has 0 saturated heterocycles. The van der Waals surface area contributed by atoms with Gasteiger partial charge in [-0.25, -0.2) is 14.8 Å². The van der Waals surface area contributed by atoms with Crippen LogP contribution in [0.15, 0.2) is 35.1 Å². The van der Waals surface area contributed by atoms with Crippen LogP contribution in [0.5, 0.6) is 11.8 Å². The van der Waals surface area contributed by atoms with Crippen LogP contribution in [0.3, 0.4) is 0 Å². The highest BCUT2D eigenvalue weighted by atomic mass is 79.9. The minimum absolute atomic E-state index is 0.247. The lowest BCUT2D eigenvalue weighted by Gasteiger charge is -2.08. The van der Waals surface area contributed by atoms with Gasteiger partial charge in [0.25, 0.3) is 0 Å². The van der Waals surface area contributed by atoms with E-state index in [9.17, 15) is 4.79 Å². The number of carbonyl (C=O) groups is 1. The van der Waals surface area contributed by atoms with Crippen molar-refractivity contribution in [2.75, 3.05) is 7.11 Å². The number of aryl methyl sites for hydroxylation is 1. The number of carbonyl (C=O) groups excluding carboxylic acids is 1. The molecule has 0 spiro atoms. The van der Waals surface area contributed by atoms with Gasteiger partial charge in [0, 0.05) is 12.4 Å². The van der Waals surface area contributed by atoms with Crippen LogP contribution in [-0.4, -0.2) is 23.0 Å². The Morgan fingerprint density at radius 1 is 1.26 bits per heavy atom. The second kappa shape index (κ2) is 5.79. The van der Waals surface area contributed by atoms with Gasteiger partial charge in [-0.15, -0.1) is 0 Å². The molecule has 0 saturated carbocycles. The summed E-state index contributed by atoms with van der Waals surface area (Å²) in [7, 11) is 1.34. The molecule has 0 aliphatic carbocycles. The fourth-order valence-corrected chi connectivity index (χ4v) is 1.66. The second-order valence-corrected chi connectivity index (χ2v) is 4.67. The van der Waals surface area contributed by atoms with Gasteiger partial charge in [-0.05, 0) is 46.6 Å². The molecule has 6 heteroatoms. The van der Waals surface area contributed by atoms with Crippen LogP contribution < -0.4 is 4.74 Å². The van der Waals surface area contributed by atoms with Crippen LogP contribution >= 0.6 is 15.9 Å². The predicted octanol–water partition coefficient (Wildman–Crippen LogP) is 3.13. The number of benzene rings is 1. The zero-order chi connectivity index (χ0) is 13.8. The molecule has 98 valence electrons. The summed E-state index contributed by atoms with van der Waals surface area (Å²) >= 11 is 3.25. The molecule has 0 amide bonds. The maximum Gasteiger partial charge on any atom is 0.337 e. The summed E-state index contributed by atoms with van der Waals surface area (Å²) in [5.74, 6) is 0.213. The van der Waals surface area contributed by atoms with E-state index in [0.29, 0.717) is 11.3 Å². The monoisotopic (exact) mass is 322 g/mol. The maximum absolute atomic E-state index is 11.4. The number of aromatic nitrogens is 2. The van der Waals surface area contributed by atoms with Gasteiger partial charge in [0.15, 0.2) is 0 Å². The molecule has 1 heterocycles. The van der Waals surface area contributed by atoms with Gasteiger partial charge in [-0.2, -0.15) is 0 Å². The SMILES string of the molecule is COC(=O)c1ccc(Oc2ncc(Br)cn2)c(C)c1. The lowest BCUT2D eigenvalue weighted by molar-refractivity contribution is 0.0600. The molecule has 0 unspecified atom stereocenters. The van der Waals surface area contributed by atoms with Crippen molar-refractivity contribution in [2.45, 2.75) is 6.92 Å². The van der Waals surface area contributed by atoms with E-state index in [2.05, 4.69) is 30.6 Å². The quantitative estimate of drug-likeness (QED) is 0.812. The number of esters is 1. The predicted molar refractivity (Wildman–Crippen MR) is 72.3 cm³/mol. The minimum Gasteiger partial charge on any atom is -0.465 e. The Labute approximate surface area is 118 Å². The first-order chi connectivity index (χ1) is 9.10. The zero-order valence-corrected chi connectivity index (χ0v) is 12.0. The highest BCUT2D eigenvalue weighted by Gasteiger charge is 2.09. The number of rotatable bonds is 3. The number of halogens is 1. The van der Waals surface area contributed by atoms with E-state index in [1.165, 1.54) is 7.11 Å². The molecule has 0 bridgehead atoms. The van der Waals surface area contributed by atoms with Crippen molar-refractivity contribution in [1.82, 2.24) is 9.97 Å². The van der Waals surface area contributed by atoms with Crippen molar-refractivity contribution in [2.24, 2.45) is 0 Å². The molecule has 0 atom stereocenters. The third-order valence-corrected chi connectivity index (χ3v) is 2.80. The van der Waals surface area contributed by atoms with E-state index in [1.807, 2.05) is 6.92 Å². The third-order valence-electron chi connectivity index (χ3n) is 2.39. The van der Waals surface area contributed by atoms with Crippen molar-refractivity contribution in [3.8, 4) is 11.8 Å². The summed E-state index contributed by atoms with van der Waals surface area (Å²) in [4.78, 5) is 19.4. The Morgan fingerprint density at radius 3 is 2.53 bits per heavy atom. The van der Waals surface area contributed by atoms with Crippen molar-refractivity contribution < 1.29 is 14.3 Å². The van der Waals surface area contributed by atoms with Gasteiger partial charge in [-0.3, -0.25) is 0 Å². The van der Waals surface area contributed by atoms with E-state index < -0.39 is 0 Å². The number of methoxy groups -OCH3 is 1. The number of hydrogen-bond acceptors (Lipinski definition) is 5. The Morgan fingerprint density at radius 2 is 1.95 bits per heavy atom. The highest BCUT2D eigenvalue weighted by Crippen LogP contribution is 2.24. The van der Waals surface area contributed by atoms with Crippen molar-refractivity contribution in [3.63, 3.8) is 0 Å². The van der Waals surface area contributed by atoms with Crippen LogP contribution in [0.2, 0.25) is 0 Å². The minimum atomic E-state index is -0.380. The van der Waals surface area contributed by atoms with E-state index in [4.69, 9.17) is 4.74 Å². The van der Waals surface area contributed by atoms with E-state index in [1.54, 1.807) is 30.6 Å². The summed E-state index contributed by atoms with van der Waals surface area (Å²) in [6.45, 7) is 1.83. The molecular formula is C13H11BrN2O3. The normalized spacial score (nSPS) is 10.1. The van der Waals surface area contributed by atoms with Gasteiger partial charge < -0.3 is 9.47 Å². The van der Waals surface area contributed by atoms with Crippen LogP contribution in [0.25, 0.3) is 0 Å². The topological polar surface area (TPSA) is 61.3 Å². The Kier molecular flexibility index (Phi) is 4.11. The molecule has 0 fully saturated rings. The summed E-state index contributed by atoms with van der Waals surface area (Å²) in [5, 5.41) is 0. The molecule has 1 aromatic carbocycles. The van der Waals surface area contributed by atoms with Crippen LogP contribution in [0.1, 0.15) is 15.9 Å². The Hall–Kier alpha value is -1.95. The number of ether oxygens (including phenoxy) is 2. The molecule has 2 aromatic rings. The first-order valence-corrected chi connectivity index (χ1v) is 6.24. The number of nitrogens with zero attached hydrogens (tertiary/aromatic N) is 2. The Balaban J connectivity index is 2.22. The molecule has 5 nitrogen and oxygen atoms in total. The smallest absolute Gasteiger partial charge is 0.337 e. The van der Waals surface area contributed by atoms with Gasteiger partial charge in [0.1, 0.15) is 5.75 Å². The van der Waals surface area contributed by atoms with E-state index in [0.717, 1.165) is 10.0 Å². The standard InChI is InChI=1S/C13H11BrN2O3/c1-8-5-9(12(17)18-2)3-4-11(8)19-13-15-6-10(14)7-16-13/h3-7H,1-2H3. The van der Waals surface area contributed by atoms with Crippen molar-refractivity contribution in [1.29, 1.82) is 0 Å². The van der Waals surface area contributed by atoms with Gasteiger partial charge in [0.2, 0.25) is 0 Å². The molecule has 0 aliphatic heterocycles. The molecule has 2 rings (SSSR count). The molecule has 1 aromatic heterocycles. The van der Waals surface area contributed by atoms with Crippen molar-refractivity contribution >= 4 is 21.9 Å². The van der Waals surface area contributed by atoms with Crippen LogP contribution in [0, 0.1) is 6.92 Å². The largest absolute Gasteiger partial charge is 0.465 e. The first-order valence-electron chi connectivity index (χ1n) is 5.44. The average molecular weight is 323 g/mol. The lowest BCUT2D eigenvalue weighted by Crippen LogP contribution is -2.02. The van der Waals surface area contributed by atoms with Crippen molar-refractivity contribution in [3.05, 3.63) is 46.2 Å². The summed E-state index contributed by atoms with van der Waals surface area (Å²) in [6.07, 6.45) is 3.20. The first kappa shape index (κ1) is 13.5. The van der Waals surface area contributed by atoms with Crippen LogP contribution in [-0.2, 0) is 4.74 Å². The summed E-state index contributed by atoms with van der Waals surface area (Å²) < 4.78 is 11.0. The van der Waals surface area contributed by atoms with Gasteiger partial charge in [-0.1, -0.05) is 0 Å². The fourth-order valence-electron chi connectivity index (χ4n) is 1.46. The van der Waals surface area contributed by atoms with Crippen LogP contribution in [0.4, 0.5) is 0 Å². The van der Waals surface area contributed by atoms with Gasteiger partial charge in [0.05, 0.1) is 17.1 Å². The summed E-state index contributed by atoms with van der Waals surface area (Å²) in [5.41, 5.74) is 1.28. The molecule has 0 radical (unpaired) electrons. The molecule has 19 heavy (non-hydrogen) atoms. The molecule has 0 aliphatic rings. The number of hydrogen-bond donors (Lipinski definition) is 0. The zero-order valence-electron chi connectivity index (χ0n) is 10.4. The maximum atomic E-state index is 11.4. The lowest BCUT2D eigenvalue weighted by atomic mass is 10.1. The van der Waals surface area contributed by atoms with Gasteiger partial charge >= 0.3 is 12.0 Å².